The summed E-state index contributed by atoms with van der Waals surface area (Å²) in [5.41, 5.74) is 7.60. The van der Waals surface area contributed by atoms with Crippen LogP contribution in [-0.4, -0.2) is 17.7 Å². The van der Waals surface area contributed by atoms with Gasteiger partial charge in [-0.2, -0.15) is 5.26 Å². The van der Waals surface area contributed by atoms with Crippen molar-refractivity contribution in [2.75, 3.05) is 23.7 Å². The van der Waals surface area contributed by atoms with E-state index in [9.17, 15) is 5.26 Å². The van der Waals surface area contributed by atoms with Gasteiger partial charge in [0.05, 0.1) is 5.69 Å². The zero-order chi connectivity index (χ0) is 14.0. The van der Waals surface area contributed by atoms with Crippen LogP contribution in [0.5, 0.6) is 0 Å². The van der Waals surface area contributed by atoms with Gasteiger partial charge in [-0.15, -0.1) is 0 Å². The third-order valence-electron chi connectivity index (χ3n) is 4.14. The zero-order valence-corrected chi connectivity index (χ0v) is 12.2. The summed E-state index contributed by atoms with van der Waals surface area (Å²) in [6.07, 6.45) is 3.49. The lowest BCUT2D eigenvalue weighted by molar-refractivity contribution is 0.432. The highest BCUT2D eigenvalue weighted by atomic mass is 15.3. The smallest absolute Gasteiger partial charge is 0.133 e. The van der Waals surface area contributed by atoms with E-state index in [1.807, 2.05) is 6.07 Å². The highest BCUT2D eigenvalue weighted by Crippen LogP contribution is 2.34. The number of nitrogens with two attached hydrogens (primary N) is 1. The Bertz CT molecular complexity index is 483. The van der Waals surface area contributed by atoms with Gasteiger partial charge in [0.2, 0.25) is 0 Å². The van der Waals surface area contributed by atoms with Crippen molar-refractivity contribution in [1.82, 2.24) is 4.57 Å². The maximum absolute atomic E-state index is 9.31. The minimum Gasteiger partial charge on any atom is -0.396 e. The average molecular weight is 260 g/mol. The summed E-state index contributed by atoms with van der Waals surface area (Å²) in [6, 6.07) is 4.40. The molecule has 1 fully saturated rings. The van der Waals surface area contributed by atoms with Gasteiger partial charge in [-0.05, 0) is 38.2 Å². The summed E-state index contributed by atoms with van der Waals surface area (Å²) < 4.78 is 2.12. The Hall–Kier alpha value is -1.63. The maximum atomic E-state index is 9.31. The van der Waals surface area contributed by atoms with E-state index < -0.39 is 0 Å². The van der Waals surface area contributed by atoms with Crippen molar-refractivity contribution in [2.45, 2.75) is 46.1 Å². The first-order valence-corrected chi connectivity index (χ1v) is 7.24. The van der Waals surface area contributed by atoms with Crippen molar-refractivity contribution in [1.29, 1.82) is 5.26 Å². The number of nitriles is 1. The van der Waals surface area contributed by atoms with E-state index in [-0.39, 0.29) is 0 Å². The molecule has 2 heterocycles. The van der Waals surface area contributed by atoms with Crippen LogP contribution in [0.1, 0.15) is 51.8 Å². The number of nitrogen functional groups attached to an aromatic ring is 1. The summed E-state index contributed by atoms with van der Waals surface area (Å²) in [6.45, 7) is 8.65. The molecule has 1 aromatic rings. The van der Waals surface area contributed by atoms with Crippen molar-refractivity contribution in [3.05, 3.63) is 11.8 Å². The Morgan fingerprint density at radius 1 is 1.58 bits per heavy atom. The monoisotopic (exact) mass is 260 g/mol. The maximum Gasteiger partial charge on any atom is 0.133 e. The molecular weight excluding hydrogens is 236 g/mol. The van der Waals surface area contributed by atoms with Crippen LogP contribution < -0.4 is 10.6 Å². The highest BCUT2D eigenvalue weighted by Gasteiger charge is 2.25. The quantitative estimate of drug-likeness (QED) is 0.908. The molecule has 0 aromatic carbocycles. The molecule has 4 nitrogen and oxygen atoms in total. The number of piperidine rings is 1. The molecule has 0 aliphatic carbocycles. The van der Waals surface area contributed by atoms with Gasteiger partial charge in [0, 0.05) is 19.1 Å². The molecule has 1 aliphatic rings. The fourth-order valence-corrected chi connectivity index (χ4v) is 2.97. The molecule has 0 saturated carbocycles. The molecule has 1 aromatic heterocycles. The average Bonchev–Trinajstić information content (AvgIpc) is 2.74. The summed E-state index contributed by atoms with van der Waals surface area (Å²) >= 11 is 0. The molecular formula is C15H24N4. The number of rotatable bonds is 3. The largest absolute Gasteiger partial charge is 0.396 e. The predicted molar refractivity (Wildman–Crippen MR) is 79.2 cm³/mol. The first-order chi connectivity index (χ1) is 9.08. The Labute approximate surface area is 115 Å². The summed E-state index contributed by atoms with van der Waals surface area (Å²) in [5, 5.41) is 9.31. The van der Waals surface area contributed by atoms with E-state index in [2.05, 4.69) is 36.3 Å². The third kappa shape index (κ3) is 2.56. The lowest BCUT2D eigenvalue weighted by Crippen LogP contribution is -2.36. The summed E-state index contributed by atoms with van der Waals surface area (Å²) in [4.78, 5) is 2.36. The van der Waals surface area contributed by atoms with Crippen molar-refractivity contribution >= 4 is 11.5 Å². The van der Waals surface area contributed by atoms with E-state index >= 15 is 0 Å². The molecule has 1 aliphatic heterocycles. The van der Waals surface area contributed by atoms with E-state index in [1.165, 1.54) is 12.8 Å². The van der Waals surface area contributed by atoms with Crippen molar-refractivity contribution in [3.8, 4) is 6.07 Å². The molecule has 0 spiro atoms. The van der Waals surface area contributed by atoms with Crippen LogP contribution in [0.3, 0.4) is 0 Å². The normalized spacial score (nSPS) is 21.2. The fraction of sp³-hybridized carbons (Fsp3) is 0.667. The van der Waals surface area contributed by atoms with Crippen LogP contribution in [0.25, 0.3) is 0 Å². The Morgan fingerprint density at radius 3 is 2.89 bits per heavy atom. The topological polar surface area (TPSA) is 58.0 Å². The van der Waals surface area contributed by atoms with Crippen molar-refractivity contribution in [3.63, 3.8) is 0 Å². The van der Waals surface area contributed by atoms with Crippen LogP contribution in [0.4, 0.5) is 11.5 Å². The number of aromatic nitrogens is 1. The fourth-order valence-electron chi connectivity index (χ4n) is 2.97. The van der Waals surface area contributed by atoms with Crippen LogP contribution in [-0.2, 0) is 0 Å². The van der Waals surface area contributed by atoms with E-state index in [1.54, 1.807) is 0 Å². The minimum absolute atomic E-state index is 0.305. The lowest BCUT2D eigenvalue weighted by Gasteiger charge is -2.35. The highest BCUT2D eigenvalue weighted by molar-refractivity contribution is 5.68. The molecule has 1 saturated heterocycles. The van der Waals surface area contributed by atoms with Crippen molar-refractivity contribution in [2.24, 2.45) is 5.92 Å². The van der Waals surface area contributed by atoms with Gasteiger partial charge >= 0.3 is 0 Å². The first-order valence-electron chi connectivity index (χ1n) is 7.24. The molecule has 0 unspecified atom stereocenters. The van der Waals surface area contributed by atoms with Crippen LogP contribution in [0.2, 0.25) is 0 Å². The summed E-state index contributed by atoms with van der Waals surface area (Å²) in [7, 11) is 0. The Kier molecular flexibility index (Phi) is 4.04. The van der Waals surface area contributed by atoms with Gasteiger partial charge < -0.3 is 15.2 Å². The molecule has 4 heteroatoms. The molecule has 0 amide bonds. The first kappa shape index (κ1) is 13.8. The summed E-state index contributed by atoms with van der Waals surface area (Å²) in [5.74, 6) is 1.75. The van der Waals surface area contributed by atoms with Crippen LogP contribution in [0, 0.1) is 17.2 Å². The number of hydrogen-bond acceptors (Lipinski definition) is 3. The second kappa shape index (κ2) is 5.56. The third-order valence-corrected chi connectivity index (χ3v) is 4.14. The number of anilines is 2. The number of hydrogen-bond donors (Lipinski definition) is 1. The van der Waals surface area contributed by atoms with Gasteiger partial charge in [0.1, 0.15) is 17.6 Å². The standard InChI is InChI=1S/C15H24N4/c1-4-12(3)19-13(9-16)8-14(17)15(19)18-7-5-6-11(2)10-18/h8,11-12H,4-7,10,17H2,1-3H3/t11-,12-/m0/s1. The van der Waals surface area contributed by atoms with Gasteiger partial charge in [-0.25, -0.2) is 0 Å². The van der Waals surface area contributed by atoms with Gasteiger partial charge in [0.15, 0.2) is 0 Å². The molecule has 2 rings (SSSR count). The molecule has 19 heavy (non-hydrogen) atoms. The van der Waals surface area contributed by atoms with Crippen molar-refractivity contribution < 1.29 is 0 Å². The van der Waals surface area contributed by atoms with Gasteiger partial charge in [-0.3, -0.25) is 0 Å². The molecule has 0 radical (unpaired) electrons. The molecule has 2 atom stereocenters. The molecule has 104 valence electrons. The zero-order valence-electron chi connectivity index (χ0n) is 12.2. The second-order valence-electron chi connectivity index (χ2n) is 5.74. The number of nitrogens with zero attached hydrogens (tertiary/aromatic N) is 3. The second-order valence-corrected chi connectivity index (χ2v) is 5.74. The van der Waals surface area contributed by atoms with Gasteiger partial charge in [0.25, 0.3) is 0 Å². The van der Waals surface area contributed by atoms with Gasteiger partial charge in [-0.1, -0.05) is 13.8 Å². The van der Waals surface area contributed by atoms with Crippen LogP contribution >= 0.6 is 0 Å². The van der Waals surface area contributed by atoms with E-state index in [0.29, 0.717) is 17.7 Å². The minimum atomic E-state index is 0.305. The lowest BCUT2D eigenvalue weighted by atomic mass is 10.0. The Balaban J connectivity index is 2.43. The SMILES string of the molecule is CC[C@H](C)n1c(C#N)cc(N)c1N1CCC[C@H](C)C1. The van der Waals surface area contributed by atoms with Crippen LogP contribution in [0.15, 0.2) is 6.07 Å². The van der Waals surface area contributed by atoms with E-state index in [0.717, 1.165) is 31.0 Å². The van der Waals surface area contributed by atoms with E-state index in [4.69, 9.17) is 5.73 Å². The molecule has 2 N–H and O–H groups in total. The Morgan fingerprint density at radius 2 is 2.32 bits per heavy atom. The molecule has 0 bridgehead atoms. The predicted octanol–water partition coefficient (Wildman–Crippen LogP) is 3.15.